The van der Waals surface area contributed by atoms with Crippen molar-refractivity contribution in [1.29, 1.82) is 0 Å². The first-order valence-corrected chi connectivity index (χ1v) is 18.9. The quantitative estimate of drug-likeness (QED) is 0.192. The van der Waals surface area contributed by atoms with Gasteiger partial charge in [-0.1, -0.05) is 128 Å². The highest BCUT2D eigenvalue weighted by Crippen LogP contribution is 2.58. The first-order valence-electron chi connectivity index (χ1n) is 18.1. The topological polar surface area (TPSA) is 38.7 Å². The van der Waals surface area contributed by atoms with Crippen LogP contribution in [0.5, 0.6) is 0 Å². The van der Waals surface area contributed by atoms with Gasteiger partial charge in [-0.2, -0.15) is 0 Å². The number of aromatic nitrogens is 3. The number of hydrogen-bond acceptors (Lipinski definition) is 4. The van der Waals surface area contributed by atoms with Crippen molar-refractivity contribution in [3.05, 3.63) is 161 Å². The van der Waals surface area contributed by atoms with Crippen molar-refractivity contribution < 1.29 is 0 Å². The van der Waals surface area contributed by atoms with Crippen molar-refractivity contribution in [3.8, 4) is 44.9 Å². The first-order chi connectivity index (χ1) is 24.7. The number of allylic oxidation sites excluding steroid dienone is 10. The van der Waals surface area contributed by atoms with Crippen molar-refractivity contribution >= 4 is 17.3 Å². The van der Waals surface area contributed by atoms with Crippen LogP contribution < -0.4 is 0 Å². The zero-order valence-electron chi connectivity index (χ0n) is 28.0. The van der Waals surface area contributed by atoms with E-state index in [1.807, 2.05) is 36.3 Å². The predicted octanol–water partition coefficient (Wildman–Crippen LogP) is 12.1. The van der Waals surface area contributed by atoms with Gasteiger partial charge in [-0.25, -0.2) is 9.97 Å². The van der Waals surface area contributed by atoms with Gasteiger partial charge in [-0.05, 0) is 99.4 Å². The largest absolute Gasteiger partial charge is 0.265 e. The zero-order valence-corrected chi connectivity index (χ0v) is 28.8. The Morgan fingerprint density at radius 2 is 1.44 bits per heavy atom. The highest BCUT2D eigenvalue weighted by molar-refractivity contribution is 8.03. The number of fused-ring (bicyclic) bond motifs is 8. The molecule has 0 amide bonds. The van der Waals surface area contributed by atoms with Crippen LogP contribution in [0.15, 0.2) is 149 Å². The molecule has 5 aromatic rings. The summed E-state index contributed by atoms with van der Waals surface area (Å²) in [6.45, 7) is 0. The standard InChI is InChI=1S/C46H37N3S/c1-3-12-36-37-21-20-35(29-40(37)46(39(36)14-4-1)24-7-2-8-25-46)34-11-9-10-33(28-34)30-16-18-32(19-17-30)45-48-42(31-22-26-47-27-23-31)44-43(49-45)38-13-5-6-15-41(38)50-44/h1,3,5-6,9-12,14-23,26-29,38H,2,4,7-8,13,24-25H2. The van der Waals surface area contributed by atoms with E-state index in [0.717, 1.165) is 41.2 Å². The van der Waals surface area contributed by atoms with Crippen molar-refractivity contribution in [2.24, 2.45) is 0 Å². The minimum absolute atomic E-state index is 0.163. The Morgan fingerprint density at radius 3 is 2.30 bits per heavy atom. The van der Waals surface area contributed by atoms with E-state index in [9.17, 15) is 0 Å². The Hall–Kier alpha value is -5.06. The maximum Gasteiger partial charge on any atom is 0.160 e. The molecule has 0 bridgehead atoms. The van der Waals surface area contributed by atoms with Crippen LogP contribution in [0.25, 0.3) is 50.5 Å². The molecule has 4 heteroatoms. The molecule has 0 saturated heterocycles. The molecule has 1 saturated carbocycles. The van der Waals surface area contributed by atoms with Gasteiger partial charge in [0, 0.05) is 34.9 Å². The van der Waals surface area contributed by atoms with Gasteiger partial charge in [-0.15, -0.1) is 0 Å². The smallest absolute Gasteiger partial charge is 0.160 e. The van der Waals surface area contributed by atoms with E-state index in [-0.39, 0.29) is 5.41 Å². The van der Waals surface area contributed by atoms with E-state index in [1.165, 1.54) is 75.3 Å². The molecule has 1 unspecified atom stereocenters. The third-order valence-electron chi connectivity index (χ3n) is 11.4. The SMILES string of the molecule is C1=CCC=C2C(=C1)c1ccc(-c3cccc(-c4ccc(-c5nc(-c6ccncc6)c6c(n5)C5CC=CC=C5S6)cc4)c3)cc1C21CCCCC1. The van der Waals surface area contributed by atoms with E-state index < -0.39 is 0 Å². The Kier molecular flexibility index (Phi) is 7.20. The zero-order chi connectivity index (χ0) is 33.1. The van der Waals surface area contributed by atoms with Crippen molar-refractivity contribution in [1.82, 2.24) is 15.0 Å². The number of nitrogens with zero attached hydrogens (tertiary/aromatic N) is 3. The second-order valence-corrected chi connectivity index (χ2v) is 15.2. The van der Waals surface area contributed by atoms with Gasteiger partial charge in [0.25, 0.3) is 0 Å². The lowest BCUT2D eigenvalue weighted by atomic mass is 9.67. The monoisotopic (exact) mass is 663 g/mol. The van der Waals surface area contributed by atoms with Crippen LogP contribution in [-0.2, 0) is 5.41 Å². The summed E-state index contributed by atoms with van der Waals surface area (Å²) in [5, 5.41) is 0. The second-order valence-electron chi connectivity index (χ2n) is 14.2. The van der Waals surface area contributed by atoms with Crippen molar-refractivity contribution in [2.75, 3.05) is 0 Å². The van der Waals surface area contributed by atoms with Crippen LogP contribution in [0, 0.1) is 0 Å². The summed E-state index contributed by atoms with van der Waals surface area (Å²) in [6.07, 6.45) is 28.2. The van der Waals surface area contributed by atoms with Gasteiger partial charge in [-0.3, -0.25) is 4.98 Å². The Morgan fingerprint density at radius 1 is 0.680 bits per heavy atom. The normalized spacial score (nSPS) is 19.5. The van der Waals surface area contributed by atoms with Crippen LogP contribution in [0.3, 0.4) is 0 Å². The molecule has 1 fully saturated rings. The van der Waals surface area contributed by atoms with E-state index in [1.54, 1.807) is 11.1 Å². The Balaban J connectivity index is 0.996. The molecule has 1 spiro atoms. The lowest BCUT2D eigenvalue weighted by Gasteiger charge is -2.36. The van der Waals surface area contributed by atoms with Crippen LogP contribution in [0.4, 0.5) is 0 Å². The molecule has 3 heterocycles. The first kappa shape index (κ1) is 29.8. The average Bonchev–Trinajstić information content (AvgIpc) is 3.53. The lowest BCUT2D eigenvalue weighted by molar-refractivity contribution is 0.352. The maximum absolute atomic E-state index is 5.21. The minimum Gasteiger partial charge on any atom is -0.265 e. The fraction of sp³-hybridized carbons (Fsp3) is 0.196. The Labute approximate surface area is 298 Å². The van der Waals surface area contributed by atoms with Gasteiger partial charge < -0.3 is 0 Å². The molecule has 0 radical (unpaired) electrons. The average molecular weight is 664 g/mol. The van der Waals surface area contributed by atoms with Gasteiger partial charge in [0.1, 0.15) is 0 Å². The predicted molar refractivity (Wildman–Crippen MR) is 207 cm³/mol. The summed E-state index contributed by atoms with van der Waals surface area (Å²) >= 11 is 1.82. The van der Waals surface area contributed by atoms with E-state index >= 15 is 0 Å². The van der Waals surface area contributed by atoms with Gasteiger partial charge >= 0.3 is 0 Å². The molecule has 2 aromatic heterocycles. The van der Waals surface area contributed by atoms with E-state index in [0.29, 0.717) is 5.92 Å². The summed E-state index contributed by atoms with van der Waals surface area (Å²) in [5.74, 6) is 1.08. The molecule has 50 heavy (non-hydrogen) atoms. The van der Waals surface area contributed by atoms with Crippen molar-refractivity contribution in [2.45, 2.75) is 61.2 Å². The summed E-state index contributed by atoms with van der Waals surface area (Å²) in [7, 11) is 0. The minimum atomic E-state index is 0.163. The molecular formula is C46H37N3S. The molecule has 242 valence electrons. The maximum atomic E-state index is 5.21. The fourth-order valence-electron chi connectivity index (χ4n) is 8.92. The number of thioether (sulfide) groups is 1. The number of benzene rings is 3. The summed E-state index contributed by atoms with van der Waals surface area (Å²) in [5.41, 5.74) is 15.4. The molecule has 0 N–H and O–H groups in total. The summed E-state index contributed by atoms with van der Waals surface area (Å²) in [6, 6.07) is 29.2. The molecule has 3 nitrogen and oxygen atoms in total. The second kappa shape index (κ2) is 12.1. The molecule has 4 aliphatic carbocycles. The molecular weight excluding hydrogens is 627 g/mol. The highest BCUT2D eigenvalue weighted by Gasteiger charge is 2.45. The lowest BCUT2D eigenvalue weighted by Crippen LogP contribution is -2.28. The number of pyridine rings is 1. The third kappa shape index (κ3) is 4.84. The Bertz CT molecular complexity index is 2320. The summed E-state index contributed by atoms with van der Waals surface area (Å²) in [4.78, 5) is 17.2. The molecule has 3 aromatic carbocycles. The fourth-order valence-corrected chi connectivity index (χ4v) is 10.2. The van der Waals surface area contributed by atoms with Crippen molar-refractivity contribution in [3.63, 3.8) is 0 Å². The van der Waals surface area contributed by atoms with Gasteiger partial charge in [0.2, 0.25) is 0 Å². The third-order valence-corrected chi connectivity index (χ3v) is 12.6. The molecule has 1 aliphatic heterocycles. The van der Waals surface area contributed by atoms with Crippen LogP contribution in [-0.4, -0.2) is 15.0 Å². The van der Waals surface area contributed by atoms with Crippen LogP contribution in [0.1, 0.15) is 67.7 Å². The van der Waals surface area contributed by atoms with Crippen LogP contribution in [0.2, 0.25) is 0 Å². The van der Waals surface area contributed by atoms with Gasteiger partial charge in [0.15, 0.2) is 5.82 Å². The van der Waals surface area contributed by atoms with E-state index in [4.69, 9.17) is 9.97 Å². The van der Waals surface area contributed by atoms with Gasteiger partial charge in [0.05, 0.1) is 16.3 Å². The molecule has 5 aliphatic rings. The molecule has 10 rings (SSSR count). The highest BCUT2D eigenvalue weighted by atomic mass is 32.2. The van der Waals surface area contributed by atoms with Crippen LogP contribution >= 0.6 is 11.8 Å². The van der Waals surface area contributed by atoms with E-state index in [2.05, 4.69) is 114 Å². The summed E-state index contributed by atoms with van der Waals surface area (Å²) < 4.78 is 0. The molecule has 1 atom stereocenters. The number of rotatable bonds is 4. The number of hydrogen-bond donors (Lipinski definition) is 0.